The number of benzene rings is 2. The Morgan fingerprint density at radius 3 is 2.59 bits per heavy atom. The number of hydrogen-bond donors (Lipinski definition) is 1. The Kier molecular flexibility index (Phi) is 5.76. The molecule has 1 aliphatic rings. The van der Waals surface area contributed by atoms with Crippen molar-refractivity contribution < 1.29 is 22.3 Å². The molecule has 1 saturated heterocycles. The van der Waals surface area contributed by atoms with Crippen LogP contribution in [0.1, 0.15) is 24.0 Å². The van der Waals surface area contributed by atoms with Crippen LogP contribution in [-0.4, -0.2) is 32.9 Å². The van der Waals surface area contributed by atoms with Gasteiger partial charge >= 0.3 is 0 Å². The Balaban J connectivity index is 1.78. The number of carbonyl (C=O) groups excluding carboxylic acids is 1. The maximum atomic E-state index is 13.5. The molecule has 0 aliphatic carbocycles. The summed E-state index contributed by atoms with van der Waals surface area (Å²) in [6.45, 7) is 1.18. The topological polar surface area (TPSA) is 75.7 Å². The van der Waals surface area contributed by atoms with Crippen LogP contribution >= 0.6 is 0 Å². The first kappa shape index (κ1) is 19.3. The van der Waals surface area contributed by atoms with Crippen molar-refractivity contribution in [3.8, 4) is 5.75 Å². The molecule has 0 unspecified atom stereocenters. The second-order valence-corrected chi connectivity index (χ2v) is 8.04. The first-order chi connectivity index (χ1) is 12.9. The Hall–Kier alpha value is -2.45. The molecule has 27 heavy (non-hydrogen) atoms. The summed E-state index contributed by atoms with van der Waals surface area (Å²) in [5.74, 6) is -0.487. The summed E-state index contributed by atoms with van der Waals surface area (Å²) in [5, 5.41) is 0. The first-order valence-electron chi connectivity index (χ1n) is 8.58. The zero-order chi connectivity index (χ0) is 19.4. The van der Waals surface area contributed by atoms with Crippen molar-refractivity contribution in [3.05, 3.63) is 59.4 Å². The minimum atomic E-state index is -3.97. The number of methoxy groups -OCH3 is 1. The molecule has 0 saturated carbocycles. The third-order valence-electron chi connectivity index (χ3n) is 4.52. The van der Waals surface area contributed by atoms with Crippen LogP contribution in [0.2, 0.25) is 0 Å². The van der Waals surface area contributed by atoms with Crippen LogP contribution in [0.4, 0.5) is 4.39 Å². The quantitative estimate of drug-likeness (QED) is 0.785. The fraction of sp³-hybridized carbons (Fsp3) is 0.316. The van der Waals surface area contributed by atoms with E-state index in [2.05, 4.69) is 4.72 Å². The number of nitrogens with one attached hydrogen (secondary N) is 1. The highest BCUT2D eigenvalue weighted by molar-refractivity contribution is 7.89. The molecule has 1 aliphatic heterocycles. The van der Waals surface area contributed by atoms with E-state index in [-0.39, 0.29) is 23.1 Å². The second kappa shape index (κ2) is 8.06. The van der Waals surface area contributed by atoms with Crippen LogP contribution in [0.3, 0.4) is 0 Å². The van der Waals surface area contributed by atoms with Crippen molar-refractivity contribution in [1.29, 1.82) is 0 Å². The van der Waals surface area contributed by atoms with E-state index in [0.717, 1.165) is 29.7 Å². The summed E-state index contributed by atoms with van der Waals surface area (Å²) >= 11 is 0. The summed E-state index contributed by atoms with van der Waals surface area (Å²) in [7, 11) is -2.65. The van der Waals surface area contributed by atoms with Gasteiger partial charge in [0.25, 0.3) is 0 Å². The molecule has 0 aromatic heterocycles. The zero-order valence-corrected chi connectivity index (χ0v) is 15.8. The van der Waals surface area contributed by atoms with Gasteiger partial charge < -0.3 is 9.64 Å². The first-order valence-corrected chi connectivity index (χ1v) is 10.1. The zero-order valence-electron chi connectivity index (χ0n) is 14.9. The second-order valence-electron chi connectivity index (χ2n) is 6.31. The average molecular weight is 392 g/mol. The molecule has 2 aromatic rings. The Morgan fingerprint density at radius 1 is 1.19 bits per heavy atom. The van der Waals surface area contributed by atoms with E-state index in [1.165, 1.54) is 13.2 Å². The van der Waals surface area contributed by atoms with E-state index in [4.69, 9.17) is 4.74 Å². The molecule has 6 nitrogen and oxygen atoms in total. The predicted molar refractivity (Wildman–Crippen MR) is 98.1 cm³/mol. The normalized spacial score (nSPS) is 14.6. The minimum absolute atomic E-state index is 0.0280. The highest BCUT2D eigenvalue weighted by atomic mass is 32.2. The van der Waals surface area contributed by atoms with Crippen LogP contribution < -0.4 is 9.46 Å². The van der Waals surface area contributed by atoms with Crippen LogP contribution in [0.25, 0.3) is 0 Å². The Bertz CT molecular complexity index is 946. The van der Waals surface area contributed by atoms with Crippen molar-refractivity contribution >= 4 is 15.9 Å². The number of halogens is 1. The lowest BCUT2D eigenvalue weighted by molar-refractivity contribution is -0.128. The number of hydrogen-bond acceptors (Lipinski definition) is 4. The third-order valence-corrected chi connectivity index (χ3v) is 5.94. The van der Waals surface area contributed by atoms with Crippen LogP contribution in [-0.2, 0) is 27.9 Å². The summed E-state index contributed by atoms with van der Waals surface area (Å²) in [5.41, 5.74) is 1.64. The third kappa shape index (κ3) is 4.45. The fourth-order valence-electron chi connectivity index (χ4n) is 3.07. The molecule has 0 radical (unpaired) electrons. The van der Waals surface area contributed by atoms with E-state index >= 15 is 0 Å². The molecule has 3 rings (SSSR count). The summed E-state index contributed by atoms with van der Waals surface area (Å²) in [4.78, 5) is 13.4. The molecule has 1 amide bonds. The highest BCUT2D eigenvalue weighted by Gasteiger charge is 2.23. The van der Waals surface area contributed by atoms with Crippen LogP contribution in [0.5, 0.6) is 5.75 Å². The van der Waals surface area contributed by atoms with Crippen molar-refractivity contribution in [2.75, 3.05) is 13.7 Å². The van der Waals surface area contributed by atoms with E-state index < -0.39 is 15.8 Å². The van der Waals surface area contributed by atoms with E-state index in [0.29, 0.717) is 19.5 Å². The van der Waals surface area contributed by atoms with Crippen molar-refractivity contribution in [3.63, 3.8) is 0 Å². The van der Waals surface area contributed by atoms with Gasteiger partial charge in [0.2, 0.25) is 15.9 Å². The molecule has 8 heteroatoms. The van der Waals surface area contributed by atoms with E-state index in [9.17, 15) is 17.6 Å². The lowest BCUT2D eigenvalue weighted by Gasteiger charge is -2.18. The average Bonchev–Trinajstić information content (AvgIpc) is 3.06. The molecule has 1 heterocycles. The Labute approximate surface area is 158 Å². The standard InChI is InChI=1S/C19H21FN2O4S/c1-26-17-9-8-16(20)11-18(17)27(24,25)21-12-14-5-2-3-6-15(14)13-22-10-4-7-19(22)23/h2-3,5-6,8-9,11,21H,4,7,10,12-13H2,1H3. The molecule has 1 N–H and O–H groups in total. The van der Waals surface area contributed by atoms with Gasteiger partial charge in [-0.05, 0) is 35.7 Å². The largest absolute Gasteiger partial charge is 0.495 e. The van der Waals surface area contributed by atoms with Gasteiger partial charge in [0, 0.05) is 26.1 Å². The predicted octanol–water partition coefficient (Wildman–Crippen LogP) is 2.44. The molecule has 0 atom stereocenters. The van der Waals surface area contributed by atoms with Crippen LogP contribution in [0, 0.1) is 5.82 Å². The minimum Gasteiger partial charge on any atom is -0.495 e. The molecule has 1 fully saturated rings. The maximum Gasteiger partial charge on any atom is 0.244 e. The smallest absolute Gasteiger partial charge is 0.244 e. The van der Waals surface area contributed by atoms with Gasteiger partial charge in [-0.3, -0.25) is 4.79 Å². The van der Waals surface area contributed by atoms with Crippen molar-refractivity contribution in [2.45, 2.75) is 30.8 Å². The molecule has 144 valence electrons. The van der Waals surface area contributed by atoms with Gasteiger partial charge in [0.05, 0.1) is 7.11 Å². The number of likely N-dealkylation sites (tertiary alicyclic amines) is 1. The van der Waals surface area contributed by atoms with Gasteiger partial charge in [-0.25, -0.2) is 17.5 Å². The molecule has 0 spiro atoms. The number of carbonyl (C=O) groups is 1. The van der Waals surface area contributed by atoms with Gasteiger partial charge in [0.15, 0.2) is 0 Å². The molecule has 2 aromatic carbocycles. The number of rotatable bonds is 7. The summed E-state index contributed by atoms with van der Waals surface area (Å²) in [6.07, 6.45) is 1.39. The number of nitrogens with zero attached hydrogens (tertiary/aromatic N) is 1. The van der Waals surface area contributed by atoms with Gasteiger partial charge in [0.1, 0.15) is 16.5 Å². The summed E-state index contributed by atoms with van der Waals surface area (Å²) in [6, 6.07) is 10.7. The number of amides is 1. The highest BCUT2D eigenvalue weighted by Crippen LogP contribution is 2.25. The molecular weight excluding hydrogens is 371 g/mol. The fourth-order valence-corrected chi connectivity index (χ4v) is 4.26. The van der Waals surface area contributed by atoms with Crippen molar-refractivity contribution in [2.24, 2.45) is 0 Å². The van der Waals surface area contributed by atoms with E-state index in [1.54, 1.807) is 11.0 Å². The maximum absolute atomic E-state index is 13.5. The van der Waals surface area contributed by atoms with Gasteiger partial charge in [-0.15, -0.1) is 0 Å². The van der Waals surface area contributed by atoms with Gasteiger partial charge in [-0.2, -0.15) is 0 Å². The lowest BCUT2D eigenvalue weighted by atomic mass is 10.1. The SMILES string of the molecule is COc1ccc(F)cc1S(=O)(=O)NCc1ccccc1CN1CCCC1=O. The van der Waals surface area contributed by atoms with Gasteiger partial charge in [-0.1, -0.05) is 24.3 Å². The number of ether oxygens (including phenoxy) is 1. The van der Waals surface area contributed by atoms with Crippen molar-refractivity contribution in [1.82, 2.24) is 9.62 Å². The van der Waals surface area contributed by atoms with Crippen LogP contribution in [0.15, 0.2) is 47.4 Å². The Morgan fingerprint density at radius 2 is 1.93 bits per heavy atom. The molecule has 0 bridgehead atoms. The monoisotopic (exact) mass is 392 g/mol. The lowest BCUT2D eigenvalue weighted by Crippen LogP contribution is -2.27. The number of sulfonamides is 1. The molecular formula is C19H21FN2O4S. The summed E-state index contributed by atoms with van der Waals surface area (Å²) < 4.78 is 46.3. The van der Waals surface area contributed by atoms with E-state index in [1.807, 2.05) is 18.2 Å².